The van der Waals surface area contributed by atoms with E-state index < -0.39 is 0 Å². The van der Waals surface area contributed by atoms with Gasteiger partial charge in [-0.15, -0.1) is 0 Å². The van der Waals surface area contributed by atoms with E-state index in [4.69, 9.17) is 10.1 Å². The van der Waals surface area contributed by atoms with Gasteiger partial charge in [0.1, 0.15) is 17.5 Å². The molecule has 0 aliphatic carbocycles. The van der Waals surface area contributed by atoms with E-state index >= 15 is 0 Å². The molecule has 0 unspecified atom stereocenters. The highest BCUT2D eigenvalue weighted by Crippen LogP contribution is 2.28. The standard InChI is InChI=1S/C15H28N4O/c1-7-19(9-8-10-20)13-11(2)12(16-6)17-14(18-13)15(3,4)5/h20H,7-10H2,1-6H3,(H,16,17,18). The first-order chi connectivity index (χ1) is 9.35. The Kier molecular flexibility index (Phi) is 5.74. The molecule has 1 aromatic heterocycles. The van der Waals surface area contributed by atoms with Crippen LogP contribution in [0.5, 0.6) is 0 Å². The zero-order valence-corrected chi connectivity index (χ0v) is 13.6. The third-order valence-corrected chi connectivity index (χ3v) is 3.30. The monoisotopic (exact) mass is 280 g/mol. The summed E-state index contributed by atoms with van der Waals surface area (Å²) in [6, 6.07) is 0. The fraction of sp³-hybridized carbons (Fsp3) is 0.733. The molecule has 0 radical (unpaired) electrons. The molecule has 5 heteroatoms. The molecule has 0 spiro atoms. The van der Waals surface area contributed by atoms with Crippen LogP contribution in [0, 0.1) is 6.92 Å². The highest BCUT2D eigenvalue weighted by atomic mass is 16.3. The van der Waals surface area contributed by atoms with E-state index in [1.54, 1.807) is 0 Å². The Hall–Kier alpha value is -1.36. The topological polar surface area (TPSA) is 61.3 Å². The third kappa shape index (κ3) is 3.82. The summed E-state index contributed by atoms with van der Waals surface area (Å²) in [5.41, 5.74) is 0.963. The van der Waals surface area contributed by atoms with Crippen molar-refractivity contribution in [2.75, 3.05) is 37.0 Å². The number of anilines is 2. The lowest BCUT2D eigenvalue weighted by Gasteiger charge is -2.27. The minimum absolute atomic E-state index is 0.0928. The fourth-order valence-electron chi connectivity index (χ4n) is 2.07. The van der Waals surface area contributed by atoms with Gasteiger partial charge in [-0.1, -0.05) is 20.8 Å². The van der Waals surface area contributed by atoms with Crippen LogP contribution < -0.4 is 10.2 Å². The van der Waals surface area contributed by atoms with Gasteiger partial charge in [-0.2, -0.15) is 0 Å². The Morgan fingerprint density at radius 3 is 2.35 bits per heavy atom. The Morgan fingerprint density at radius 2 is 1.90 bits per heavy atom. The van der Waals surface area contributed by atoms with E-state index in [1.807, 2.05) is 14.0 Å². The molecule has 5 nitrogen and oxygen atoms in total. The van der Waals surface area contributed by atoms with Gasteiger partial charge in [0.2, 0.25) is 0 Å². The molecule has 0 bridgehead atoms. The van der Waals surface area contributed by atoms with E-state index in [-0.39, 0.29) is 12.0 Å². The molecule has 0 atom stereocenters. The molecular weight excluding hydrogens is 252 g/mol. The Balaban J connectivity index is 3.28. The van der Waals surface area contributed by atoms with Gasteiger partial charge >= 0.3 is 0 Å². The average molecular weight is 280 g/mol. The summed E-state index contributed by atoms with van der Waals surface area (Å²) in [7, 11) is 1.88. The van der Waals surface area contributed by atoms with E-state index in [9.17, 15) is 0 Å². The second-order valence-corrected chi connectivity index (χ2v) is 6.00. The predicted molar refractivity (Wildman–Crippen MR) is 84.6 cm³/mol. The SMILES string of the molecule is CCN(CCCO)c1nc(C(C)(C)C)nc(NC)c1C. The van der Waals surface area contributed by atoms with Gasteiger partial charge in [0.25, 0.3) is 0 Å². The smallest absolute Gasteiger partial charge is 0.138 e. The average Bonchev–Trinajstić information content (AvgIpc) is 2.39. The van der Waals surface area contributed by atoms with Crippen molar-refractivity contribution in [3.05, 3.63) is 11.4 Å². The van der Waals surface area contributed by atoms with Crippen LogP contribution in [0.1, 0.15) is 45.5 Å². The number of aliphatic hydroxyl groups excluding tert-OH is 1. The molecule has 2 N–H and O–H groups in total. The van der Waals surface area contributed by atoms with E-state index in [2.05, 4.69) is 42.9 Å². The lowest BCUT2D eigenvalue weighted by molar-refractivity contribution is 0.289. The molecule has 0 fully saturated rings. The first-order valence-electron chi connectivity index (χ1n) is 7.27. The molecule has 1 aromatic rings. The first kappa shape index (κ1) is 16.7. The number of aromatic nitrogens is 2. The van der Waals surface area contributed by atoms with Crippen LogP contribution in [-0.4, -0.2) is 41.8 Å². The van der Waals surface area contributed by atoms with Crippen LogP contribution in [-0.2, 0) is 5.41 Å². The Bertz CT molecular complexity index is 440. The molecule has 0 aliphatic heterocycles. The van der Waals surface area contributed by atoms with Crippen molar-refractivity contribution in [2.45, 2.75) is 46.5 Å². The normalized spacial score (nSPS) is 11.6. The van der Waals surface area contributed by atoms with Gasteiger partial charge in [0.05, 0.1) is 0 Å². The Labute approximate surface area is 122 Å². The second-order valence-electron chi connectivity index (χ2n) is 6.00. The highest BCUT2D eigenvalue weighted by Gasteiger charge is 2.22. The number of hydrogen-bond acceptors (Lipinski definition) is 5. The molecule has 114 valence electrons. The van der Waals surface area contributed by atoms with Crippen LogP contribution in [0.3, 0.4) is 0 Å². The fourth-order valence-corrected chi connectivity index (χ4v) is 2.07. The molecule has 20 heavy (non-hydrogen) atoms. The number of rotatable bonds is 6. The van der Waals surface area contributed by atoms with Gasteiger partial charge in [-0.25, -0.2) is 9.97 Å². The van der Waals surface area contributed by atoms with Crippen molar-refractivity contribution in [3.8, 4) is 0 Å². The van der Waals surface area contributed by atoms with Gasteiger partial charge in [0, 0.05) is 37.7 Å². The number of nitrogens with one attached hydrogen (secondary N) is 1. The summed E-state index contributed by atoms with van der Waals surface area (Å²) in [6.45, 7) is 12.4. The van der Waals surface area contributed by atoms with E-state index in [0.29, 0.717) is 0 Å². The van der Waals surface area contributed by atoms with Gasteiger partial charge in [-0.05, 0) is 20.3 Å². The molecule has 1 heterocycles. The second kappa shape index (κ2) is 6.88. The van der Waals surface area contributed by atoms with Crippen molar-refractivity contribution >= 4 is 11.6 Å². The summed E-state index contributed by atoms with van der Waals surface area (Å²) >= 11 is 0. The van der Waals surface area contributed by atoms with Gasteiger partial charge in [0.15, 0.2) is 0 Å². The largest absolute Gasteiger partial charge is 0.396 e. The summed E-state index contributed by atoms with van der Waals surface area (Å²) in [6.07, 6.45) is 0.747. The maximum absolute atomic E-state index is 9.04. The summed E-state index contributed by atoms with van der Waals surface area (Å²) < 4.78 is 0. The predicted octanol–water partition coefficient (Wildman–Crippen LogP) is 2.33. The number of aliphatic hydroxyl groups is 1. The van der Waals surface area contributed by atoms with Crippen molar-refractivity contribution in [3.63, 3.8) is 0 Å². The van der Waals surface area contributed by atoms with E-state index in [1.165, 1.54) is 0 Å². The molecule has 0 amide bonds. The lowest BCUT2D eigenvalue weighted by atomic mass is 9.95. The first-order valence-corrected chi connectivity index (χ1v) is 7.27. The minimum atomic E-state index is -0.0928. The third-order valence-electron chi connectivity index (χ3n) is 3.30. The van der Waals surface area contributed by atoms with E-state index in [0.717, 1.165) is 42.5 Å². The minimum Gasteiger partial charge on any atom is -0.396 e. The highest BCUT2D eigenvalue weighted by molar-refractivity contribution is 5.58. The van der Waals surface area contributed by atoms with Gasteiger partial charge in [-0.3, -0.25) is 0 Å². The molecule has 0 aliphatic rings. The van der Waals surface area contributed by atoms with Crippen LogP contribution in [0.25, 0.3) is 0 Å². The molecular formula is C15H28N4O. The molecule has 0 saturated carbocycles. The number of hydrogen-bond donors (Lipinski definition) is 2. The summed E-state index contributed by atoms with van der Waals surface area (Å²) in [4.78, 5) is 11.6. The van der Waals surface area contributed by atoms with Crippen LogP contribution in [0.2, 0.25) is 0 Å². The van der Waals surface area contributed by atoms with Crippen LogP contribution in [0.4, 0.5) is 11.6 Å². The van der Waals surface area contributed by atoms with Crippen molar-refractivity contribution in [2.24, 2.45) is 0 Å². The zero-order valence-electron chi connectivity index (χ0n) is 13.6. The maximum Gasteiger partial charge on any atom is 0.138 e. The lowest BCUT2D eigenvalue weighted by Crippen LogP contribution is -2.29. The summed E-state index contributed by atoms with van der Waals surface area (Å²) in [5, 5.41) is 12.2. The Morgan fingerprint density at radius 1 is 1.25 bits per heavy atom. The molecule has 0 saturated heterocycles. The van der Waals surface area contributed by atoms with Crippen molar-refractivity contribution < 1.29 is 5.11 Å². The molecule has 0 aromatic carbocycles. The number of nitrogens with zero attached hydrogens (tertiary/aromatic N) is 3. The van der Waals surface area contributed by atoms with Crippen molar-refractivity contribution in [1.82, 2.24) is 9.97 Å². The van der Waals surface area contributed by atoms with Gasteiger partial charge < -0.3 is 15.3 Å². The zero-order chi connectivity index (χ0) is 15.3. The van der Waals surface area contributed by atoms with Crippen LogP contribution >= 0.6 is 0 Å². The maximum atomic E-state index is 9.04. The quantitative estimate of drug-likeness (QED) is 0.837. The van der Waals surface area contributed by atoms with Crippen LogP contribution in [0.15, 0.2) is 0 Å². The van der Waals surface area contributed by atoms with Crippen molar-refractivity contribution in [1.29, 1.82) is 0 Å². The molecule has 1 rings (SSSR count). The summed E-state index contributed by atoms with van der Waals surface area (Å²) in [5.74, 6) is 2.68.